The summed E-state index contributed by atoms with van der Waals surface area (Å²) in [5.74, 6) is 0.687. The Morgan fingerprint density at radius 2 is 2.17 bits per heavy atom. The van der Waals surface area contributed by atoms with E-state index < -0.39 is 5.60 Å². The molecule has 3 unspecified atom stereocenters. The Balaban J connectivity index is 2.16. The van der Waals surface area contributed by atoms with Gasteiger partial charge in [0.15, 0.2) is 0 Å². The average Bonchev–Trinajstić information content (AvgIpc) is 1.79. The fourth-order valence-electron chi connectivity index (χ4n) is 3.28. The summed E-state index contributed by atoms with van der Waals surface area (Å²) in [5.41, 5.74) is 5.57. The largest absolute Gasteiger partial charge is 0.390 e. The number of fused-ring (bicyclic) bond motifs is 2. The van der Waals surface area contributed by atoms with Crippen LogP contribution >= 0.6 is 0 Å². The van der Waals surface area contributed by atoms with E-state index in [9.17, 15) is 5.11 Å². The molecule has 3 N–H and O–H groups in total. The Labute approximate surface area is 74.1 Å². The first kappa shape index (κ1) is 8.52. The molecule has 0 saturated heterocycles. The third-order valence-corrected chi connectivity index (χ3v) is 3.41. The zero-order valence-corrected chi connectivity index (χ0v) is 7.84. The Kier molecular flexibility index (Phi) is 1.74. The predicted octanol–water partition coefficient (Wildman–Crippen LogP) is 1.42. The lowest BCUT2D eigenvalue weighted by atomic mass is 9.63. The van der Waals surface area contributed by atoms with Crippen LogP contribution < -0.4 is 5.73 Å². The molecule has 2 saturated carbocycles. The van der Waals surface area contributed by atoms with Crippen LogP contribution in [-0.4, -0.2) is 16.2 Å². The minimum atomic E-state index is -0.412. The Bertz CT molecular complexity index is 188. The summed E-state index contributed by atoms with van der Waals surface area (Å²) in [6.07, 6.45) is 6.34. The number of hydrogen-bond acceptors (Lipinski definition) is 2. The topological polar surface area (TPSA) is 46.2 Å². The van der Waals surface area contributed by atoms with E-state index in [0.29, 0.717) is 5.92 Å². The van der Waals surface area contributed by atoms with Gasteiger partial charge in [-0.3, -0.25) is 0 Å². The third kappa shape index (κ3) is 1.50. The van der Waals surface area contributed by atoms with Crippen molar-refractivity contribution in [2.45, 2.75) is 56.6 Å². The van der Waals surface area contributed by atoms with Crippen molar-refractivity contribution < 1.29 is 5.11 Å². The first-order chi connectivity index (χ1) is 5.49. The fourth-order valence-corrected chi connectivity index (χ4v) is 3.28. The Hall–Kier alpha value is -0.0800. The van der Waals surface area contributed by atoms with E-state index in [0.717, 1.165) is 25.7 Å². The zero-order chi connectivity index (χ0) is 8.82. The fraction of sp³-hybridized carbons (Fsp3) is 1.00. The van der Waals surface area contributed by atoms with Gasteiger partial charge in [0, 0.05) is 5.54 Å². The van der Waals surface area contributed by atoms with Crippen LogP contribution in [0.1, 0.15) is 45.4 Å². The van der Waals surface area contributed by atoms with Crippen LogP contribution in [0.5, 0.6) is 0 Å². The van der Waals surface area contributed by atoms with Gasteiger partial charge < -0.3 is 10.8 Å². The average molecular weight is 169 g/mol. The predicted molar refractivity (Wildman–Crippen MR) is 48.7 cm³/mol. The van der Waals surface area contributed by atoms with Gasteiger partial charge in [0.1, 0.15) is 0 Å². The van der Waals surface area contributed by atoms with E-state index in [1.807, 2.05) is 0 Å². The lowest BCUT2D eigenvalue weighted by Crippen LogP contribution is -2.53. The van der Waals surface area contributed by atoms with Crippen molar-refractivity contribution >= 4 is 0 Å². The third-order valence-electron chi connectivity index (χ3n) is 3.41. The second-order valence-corrected chi connectivity index (χ2v) is 5.22. The van der Waals surface area contributed by atoms with Crippen LogP contribution in [0.25, 0.3) is 0 Å². The van der Waals surface area contributed by atoms with Gasteiger partial charge in [-0.15, -0.1) is 0 Å². The zero-order valence-electron chi connectivity index (χ0n) is 7.84. The van der Waals surface area contributed by atoms with Crippen LogP contribution in [0.15, 0.2) is 0 Å². The molecule has 70 valence electrons. The number of hydrogen-bond donors (Lipinski definition) is 2. The van der Waals surface area contributed by atoms with Crippen molar-refractivity contribution in [2.75, 3.05) is 0 Å². The van der Waals surface area contributed by atoms with Crippen LogP contribution in [0.2, 0.25) is 0 Å². The Morgan fingerprint density at radius 3 is 2.83 bits per heavy atom. The smallest absolute Gasteiger partial charge is 0.0667 e. The SMILES string of the molecule is CC1(N)CC2CCCC(O)(C2)C1. The molecule has 0 radical (unpaired) electrons. The molecular formula is C10H19NO. The standard InChI is InChI=1S/C10H19NO/c1-9(11)5-8-3-2-4-10(12,6-8)7-9/h8,12H,2-7,11H2,1H3. The monoisotopic (exact) mass is 169 g/mol. The van der Waals surface area contributed by atoms with Gasteiger partial charge in [0.25, 0.3) is 0 Å². The molecule has 2 bridgehead atoms. The first-order valence-corrected chi connectivity index (χ1v) is 5.00. The van der Waals surface area contributed by atoms with Gasteiger partial charge >= 0.3 is 0 Å². The maximum absolute atomic E-state index is 10.2. The highest BCUT2D eigenvalue weighted by atomic mass is 16.3. The maximum Gasteiger partial charge on any atom is 0.0667 e. The molecule has 0 aromatic heterocycles. The van der Waals surface area contributed by atoms with Gasteiger partial charge in [-0.05, 0) is 38.5 Å². The second-order valence-electron chi connectivity index (χ2n) is 5.22. The van der Waals surface area contributed by atoms with Crippen molar-refractivity contribution in [2.24, 2.45) is 11.7 Å². The summed E-state index contributed by atoms with van der Waals surface area (Å²) >= 11 is 0. The Morgan fingerprint density at radius 1 is 1.42 bits per heavy atom. The minimum absolute atomic E-state index is 0.113. The van der Waals surface area contributed by atoms with E-state index in [1.54, 1.807) is 0 Å². The van der Waals surface area contributed by atoms with Gasteiger partial charge in [0.2, 0.25) is 0 Å². The van der Waals surface area contributed by atoms with Crippen molar-refractivity contribution in [1.82, 2.24) is 0 Å². The van der Waals surface area contributed by atoms with Gasteiger partial charge in [-0.25, -0.2) is 0 Å². The van der Waals surface area contributed by atoms with Crippen molar-refractivity contribution in [1.29, 1.82) is 0 Å². The molecule has 2 aliphatic rings. The summed E-state index contributed by atoms with van der Waals surface area (Å²) in [4.78, 5) is 0. The molecule has 2 aliphatic carbocycles. The maximum atomic E-state index is 10.2. The molecule has 0 aliphatic heterocycles. The summed E-state index contributed by atoms with van der Waals surface area (Å²) in [6.45, 7) is 2.08. The molecule has 2 rings (SSSR count). The van der Waals surface area contributed by atoms with Gasteiger partial charge in [-0.2, -0.15) is 0 Å². The molecular weight excluding hydrogens is 150 g/mol. The summed E-state index contributed by atoms with van der Waals surface area (Å²) in [5, 5.41) is 10.2. The molecule has 0 heterocycles. The number of aliphatic hydroxyl groups is 1. The second kappa shape index (κ2) is 2.46. The molecule has 0 aromatic carbocycles. The quantitative estimate of drug-likeness (QED) is 0.576. The highest BCUT2D eigenvalue weighted by molar-refractivity contribution is 5.01. The van der Waals surface area contributed by atoms with E-state index in [4.69, 9.17) is 5.73 Å². The highest BCUT2D eigenvalue weighted by Crippen LogP contribution is 2.45. The number of nitrogens with two attached hydrogens (primary N) is 1. The van der Waals surface area contributed by atoms with E-state index in [1.165, 1.54) is 12.8 Å². The van der Waals surface area contributed by atoms with E-state index >= 15 is 0 Å². The molecule has 2 nitrogen and oxygen atoms in total. The summed E-state index contributed by atoms with van der Waals surface area (Å²) in [7, 11) is 0. The molecule has 2 fully saturated rings. The lowest BCUT2D eigenvalue weighted by Gasteiger charge is -2.48. The van der Waals surface area contributed by atoms with Crippen LogP contribution in [0, 0.1) is 5.92 Å². The van der Waals surface area contributed by atoms with E-state index in [-0.39, 0.29) is 5.54 Å². The normalized spacial score (nSPS) is 53.8. The molecule has 2 heteroatoms. The first-order valence-electron chi connectivity index (χ1n) is 5.00. The highest BCUT2D eigenvalue weighted by Gasteiger charge is 2.45. The minimum Gasteiger partial charge on any atom is -0.390 e. The molecule has 0 amide bonds. The summed E-state index contributed by atoms with van der Waals surface area (Å²) in [6, 6.07) is 0. The lowest BCUT2D eigenvalue weighted by molar-refractivity contribution is -0.0707. The van der Waals surface area contributed by atoms with Gasteiger partial charge in [0.05, 0.1) is 5.60 Å². The van der Waals surface area contributed by atoms with E-state index in [2.05, 4.69) is 6.92 Å². The van der Waals surface area contributed by atoms with Crippen molar-refractivity contribution in [3.63, 3.8) is 0 Å². The molecule has 3 atom stereocenters. The van der Waals surface area contributed by atoms with Crippen LogP contribution in [0.4, 0.5) is 0 Å². The van der Waals surface area contributed by atoms with Crippen molar-refractivity contribution in [3.05, 3.63) is 0 Å². The van der Waals surface area contributed by atoms with Crippen LogP contribution in [-0.2, 0) is 0 Å². The van der Waals surface area contributed by atoms with Crippen molar-refractivity contribution in [3.8, 4) is 0 Å². The van der Waals surface area contributed by atoms with Gasteiger partial charge in [-0.1, -0.05) is 12.8 Å². The van der Waals surface area contributed by atoms with Crippen LogP contribution in [0.3, 0.4) is 0 Å². The molecule has 12 heavy (non-hydrogen) atoms. The summed E-state index contributed by atoms with van der Waals surface area (Å²) < 4.78 is 0. The molecule has 0 aromatic rings. The molecule has 0 spiro atoms. The number of rotatable bonds is 0.